The first kappa shape index (κ1) is 12.0. The summed E-state index contributed by atoms with van der Waals surface area (Å²) in [6.07, 6.45) is 5.46. The second kappa shape index (κ2) is 5.72. The molecule has 2 heteroatoms. The first-order valence-corrected chi connectivity index (χ1v) is 6.14. The maximum Gasteiger partial charge on any atom is 0.00965 e. The monoisotopic (exact) mass is 198 g/mol. The van der Waals surface area contributed by atoms with Crippen LogP contribution in [0.4, 0.5) is 0 Å². The normalized spacial score (nSPS) is 21.2. The summed E-state index contributed by atoms with van der Waals surface area (Å²) in [5.41, 5.74) is 5.91. The fourth-order valence-electron chi connectivity index (χ4n) is 1.76. The Labute approximate surface area is 88.8 Å². The fourth-order valence-corrected chi connectivity index (χ4v) is 1.76. The largest absolute Gasteiger partial charge is 0.328 e. The van der Waals surface area contributed by atoms with Crippen molar-refractivity contribution >= 4 is 0 Å². The molecule has 1 rings (SSSR count). The molecule has 14 heavy (non-hydrogen) atoms. The topological polar surface area (TPSA) is 29.3 Å². The van der Waals surface area contributed by atoms with Crippen molar-refractivity contribution in [3.63, 3.8) is 0 Å². The molecule has 1 fully saturated rings. The Morgan fingerprint density at radius 1 is 1.36 bits per heavy atom. The van der Waals surface area contributed by atoms with E-state index < -0.39 is 0 Å². The first-order chi connectivity index (χ1) is 6.65. The molecular formula is C12H26N2. The third-order valence-corrected chi connectivity index (χ3v) is 3.28. The van der Waals surface area contributed by atoms with Crippen molar-refractivity contribution in [2.75, 3.05) is 13.1 Å². The number of nitrogens with zero attached hydrogens (tertiary/aromatic N) is 1. The summed E-state index contributed by atoms with van der Waals surface area (Å²) in [5.74, 6) is 0.632. The van der Waals surface area contributed by atoms with Gasteiger partial charge < -0.3 is 10.6 Å². The van der Waals surface area contributed by atoms with Crippen LogP contribution in [-0.2, 0) is 0 Å². The van der Waals surface area contributed by atoms with Gasteiger partial charge in [-0.05, 0) is 38.6 Å². The zero-order chi connectivity index (χ0) is 10.6. The van der Waals surface area contributed by atoms with E-state index in [9.17, 15) is 0 Å². The Kier molecular flexibility index (Phi) is 4.90. The highest BCUT2D eigenvalue weighted by Crippen LogP contribution is 2.28. The summed E-state index contributed by atoms with van der Waals surface area (Å²) in [5, 5.41) is 0. The summed E-state index contributed by atoms with van der Waals surface area (Å²) in [6.45, 7) is 9.13. The first-order valence-electron chi connectivity index (χ1n) is 6.14. The van der Waals surface area contributed by atoms with Gasteiger partial charge in [0.25, 0.3) is 0 Å². The fraction of sp³-hybridized carbons (Fsp3) is 1.00. The lowest BCUT2D eigenvalue weighted by Gasteiger charge is -2.27. The second-order valence-electron chi connectivity index (χ2n) is 4.92. The van der Waals surface area contributed by atoms with E-state index >= 15 is 0 Å². The van der Waals surface area contributed by atoms with E-state index in [1.54, 1.807) is 0 Å². The number of unbranched alkanes of at least 4 members (excludes halogenated alkanes) is 1. The van der Waals surface area contributed by atoms with Crippen LogP contribution in [-0.4, -0.2) is 30.1 Å². The van der Waals surface area contributed by atoms with E-state index in [1.807, 2.05) is 0 Å². The molecule has 0 aromatic heterocycles. The lowest BCUT2D eigenvalue weighted by Crippen LogP contribution is -2.38. The lowest BCUT2D eigenvalue weighted by atomic mass is 10.0. The zero-order valence-corrected chi connectivity index (χ0v) is 10.00. The number of nitrogens with two attached hydrogens (primary N) is 1. The maximum absolute atomic E-state index is 5.91. The van der Waals surface area contributed by atoms with Crippen LogP contribution in [0.15, 0.2) is 0 Å². The number of rotatable bonds is 7. The highest BCUT2D eigenvalue weighted by molar-refractivity contribution is 4.86. The molecule has 0 aliphatic heterocycles. The van der Waals surface area contributed by atoms with Gasteiger partial charge in [0, 0.05) is 18.6 Å². The molecule has 2 N–H and O–H groups in total. The van der Waals surface area contributed by atoms with Gasteiger partial charge in [0.1, 0.15) is 0 Å². The molecule has 1 saturated carbocycles. The Bertz CT molecular complexity index is 152. The van der Waals surface area contributed by atoms with Crippen LogP contribution in [0.2, 0.25) is 0 Å². The van der Waals surface area contributed by atoms with Gasteiger partial charge in [-0.1, -0.05) is 20.3 Å². The quantitative estimate of drug-likeness (QED) is 0.680. The third kappa shape index (κ3) is 3.97. The SMILES string of the molecule is CCCCN(CC(C)C(C)N)C1CC1. The molecule has 0 aromatic carbocycles. The Balaban J connectivity index is 2.27. The van der Waals surface area contributed by atoms with Gasteiger partial charge in [-0.3, -0.25) is 0 Å². The number of hydrogen-bond donors (Lipinski definition) is 1. The molecule has 0 saturated heterocycles. The van der Waals surface area contributed by atoms with Gasteiger partial charge in [0.2, 0.25) is 0 Å². The van der Waals surface area contributed by atoms with Crippen molar-refractivity contribution in [3.8, 4) is 0 Å². The van der Waals surface area contributed by atoms with Crippen LogP contribution < -0.4 is 5.73 Å². The van der Waals surface area contributed by atoms with Crippen LogP contribution in [0.3, 0.4) is 0 Å². The average Bonchev–Trinajstić information content (AvgIpc) is 2.94. The maximum atomic E-state index is 5.91. The summed E-state index contributed by atoms with van der Waals surface area (Å²) < 4.78 is 0. The Hall–Kier alpha value is -0.0800. The van der Waals surface area contributed by atoms with E-state index in [4.69, 9.17) is 5.73 Å². The minimum Gasteiger partial charge on any atom is -0.328 e. The molecule has 0 heterocycles. The van der Waals surface area contributed by atoms with Crippen molar-refractivity contribution in [1.29, 1.82) is 0 Å². The standard InChI is InChI=1S/C12H26N2/c1-4-5-8-14(12-6-7-12)9-10(2)11(3)13/h10-12H,4-9,13H2,1-3H3. The van der Waals surface area contributed by atoms with Gasteiger partial charge in [-0.15, -0.1) is 0 Å². The summed E-state index contributed by atoms with van der Waals surface area (Å²) in [4.78, 5) is 2.65. The molecular weight excluding hydrogens is 172 g/mol. The van der Waals surface area contributed by atoms with Crippen LogP contribution in [0, 0.1) is 5.92 Å². The molecule has 84 valence electrons. The summed E-state index contributed by atoms with van der Waals surface area (Å²) >= 11 is 0. The molecule has 0 aromatic rings. The summed E-state index contributed by atoms with van der Waals surface area (Å²) in [7, 11) is 0. The van der Waals surface area contributed by atoms with E-state index in [2.05, 4.69) is 25.7 Å². The molecule has 2 unspecified atom stereocenters. The molecule has 0 spiro atoms. The van der Waals surface area contributed by atoms with Gasteiger partial charge in [-0.2, -0.15) is 0 Å². The molecule has 0 radical (unpaired) electrons. The van der Waals surface area contributed by atoms with Crippen molar-refractivity contribution in [1.82, 2.24) is 4.90 Å². The molecule has 2 atom stereocenters. The Morgan fingerprint density at radius 3 is 2.43 bits per heavy atom. The van der Waals surface area contributed by atoms with Gasteiger partial charge in [-0.25, -0.2) is 0 Å². The highest BCUT2D eigenvalue weighted by atomic mass is 15.2. The van der Waals surface area contributed by atoms with Gasteiger partial charge >= 0.3 is 0 Å². The predicted molar refractivity (Wildman–Crippen MR) is 62.3 cm³/mol. The smallest absolute Gasteiger partial charge is 0.00965 e. The number of hydrogen-bond acceptors (Lipinski definition) is 2. The molecule has 0 amide bonds. The van der Waals surface area contributed by atoms with Gasteiger partial charge in [0.05, 0.1) is 0 Å². The second-order valence-corrected chi connectivity index (χ2v) is 4.92. The van der Waals surface area contributed by atoms with Crippen molar-refractivity contribution in [2.45, 2.75) is 58.5 Å². The van der Waals surface area contributed by atoms with E-state index in [-0.39, 0.29) is 0 Å². The minimum atomic E-state index is 0.331. The summed E-state index contributed by atoms with van der Waals surface area (Å²) in [6, 6.07) is 1.22. The molecule has 1 aliphatic rings. The molecule has 2 nitrogen and oxygen atoms in total. The molecule has 0 bridgehead atoms. The third-order valence-electron chi connectivity index (χ3n) is 3.28. The van der Waals surface area contributed by atoms with Crippen molar-refractivity contribution in [2.24, 2.45) is 11.7 Å². The van der Waals surface area contributed by atoms with Crippen LogP contribution in [0.25, 0.3) is 0 Å². The Morgan fingerprint density at radius 2 is 2.00 bits per heavy atom. The highest BCUT2D eigenvalue weighted by Gasteiger charge is 2.29. The van der Waals surface area contributed by atoms with Crippen LogP contribution >= 0.6 is 0 Å². The predicted octanol–water partition coefficient (Wildman–Crippen LogP) is 2.23. The lowest BCUT2D eigenvalue weighted by molar-refractivity contribution is 0.213. The van der Waals surface area contributed by atoms with Crippen molar-refractivity contribution < 1.29 is 0 Å². The van der Waals surface area contributed by atoms with E-state index in [0.717, 1.165) is 6.04 Å². The minimum absolute atomic E-state index is 0.331. The van der Waals surface area contributed by atoms with E-state index in [1.165, 1.54) is 38.8 Å². The van der Waals surface area contributed by atoms with E-state index in [0.29, 0.717) is 12.0 Å². The molecule has 1 aliphatic carbocycles. The zero-order valence-electron chi connectivity index (χ0n) is 10.00. The van der Waals surface area contributed by atoms with Crippen LogP contribution in [0.5, 0.6) is 0 Å². The van der Waals surface area contributed by atoms with Gasteiger partial charge in [0.15, 0.2) is 0 Å². The van der Waals surface area contributed by atoms with Crippen molar-refractivity contribution in [3.05, 3.63) is 0 Å². The average molecular weight is 198 g/mol. The van der Waals surface area contributed by atoms with Crippen LogP contribution in [0.1, 0.15) is 46.5 Å².